The van der Waals surface area contributed by atoms with Crippen molar-refractivity contribution in [2.45, 2.75) is 76.8 Å². The van der Waals surface area contributed by atoms with E-state index in [0.29, 0.717) is 12.3 Å². The van der Waals surface area contributed by atoms with Gasteiger partial charge < -0.3 is 13.9 Å². The second-order valence-electron chi connectivity index (χ2n) is 11.6. The lowest BCUT2D eigenvalue weighted by Crippen LogP contribution is -2.53. The molecule has 0 aromatic carbocycles. The number of carbonyl (C=O) groups excluding carboxylic acids is 2. The van der Waals surface area contributed by atoms with E-state index in [1.54, 1.807) is 0 Å². The third-order valence-corrected chi connectivity index (χ3v) is 9.98. The van der Waals surface area contributed by atoms with Crippen LogP contribution in [0, 0.1) is 34.5 Å². The number of esters is 2. The van der Waals surface area contributed by atoms with E-state index < -0.39 is 19.3 Å². The lowest BCUT2D eigenvalue weighted by Gasteiger charge is -2.46. The van der Waals surface area contributed by atoms with Crippen LogP contribution in [0.15, 0.2) is 12.2 Å². The maximum Gasteiger partial charge on any atom is 0.312 e. The largest absolute Gasteiger partial charge is 0.469 e. The van der Waals surface area contributed by atoms with Gasteiger partial charge in [0.2, 0.25) is 0 Å². The Hall–Kier alpha value is -1.14. The van der Waals surface area contributed by atoms with E-state index in [0.717, 1.165) is 32.1 Å². The Kier molecular flexibility index (Phi) is 3.93. The van der Waals surface area contributed by atoms with Crippen LogP contribution in [0.2, 0.25) is 19.6 Å². The van der Waals surface area contributed by atoms with E-state index in [2.05, 4.69) is 26.2 Å². The van der Waals surface area contributed by atoms with Crippen LogP contribution in [-0.2, 0) is 23.5 Å². The quantitative estimate of drug-likeness (QED) is 0.393. The molecule has 4 saturated carbocycles. The summed E-state index contributed by atoms with van der Waals surface area (Å²) in [5.41, 5.74) is -0.178. The Morgan fingerprint density at radius 2 is 1.93 bits per heavy atom. The molecule has 160 valence electrons. The molecule has 5 fully saturated rings. The third kappa shape index (κ3) is 2.36. The first-order valence-electron chi connectivity index (χ1n) is 11.1. The fraction of sp³-hybridized carbons (Fsp3) is 0.826. The van der Waals surface area contributed by atoms with Gasteiger partial charge >= 0.3 is 11.9 Å². The zero-order chi connectivity index (χ0) is 21.0. The fourth-order valence-electron chi connectivity index (χ4n) is 8.45. The number of allylic oxidation sites excluding steroid dienone is 1. The Balaban J connectivity index is 1.66. The predicted molar refractivity (Wildman–Crippen MR) is 110 cm³/mol. The smallest absolute Gasteiger partial charge is 0.312 e. The molecule has 0 radical (unpaired) electrons. The first-order valence-corrected chi connectivity index (χ1v) is 14.5. The van der Waals surface area contributed by atoms with E-state index in [1.165, 1.54) is 12.7 Å². The van der Waals surface area contributed by atoms with Gasteiger partial charge in [-0.25, -0.2) is 0 Å². The molecule has 5 rings (SSSR count). The monoisotopic (exact) mass is 418 g/mol. The van der Waals surface area contributed by atoms with E-state index in [-0.39, 0.29) is 41.2 Å². The molecule has 1 spiro atoms. The number of fused-ring (bicyclic) bond motifs is 1. The molecule has 3 unspecified atom stereocenters. The molecule has 4 aliphatic carbocycles. The van der Waals surface area contributed by atoms with Crippen LogP contribution in [0.3, 0.4) is 0 Å². The van der Waals surface area contributed by atoms with Crippen LogP contribution >= 0.6 is 0 Å². The highest BCUT2D eigenvalue weighted by Crippen LogP contribution is 2.78. The first kappa shape index (κ1) is 19.8. The molecular weight excluding hydrogens is 384 g/mol. The highest BCUT2D eigenvalue weighted by Gasteiger charge is 2.82. The molecule has 8 atom stereocenters. The molecular formula is C23H34O5Si. The zero-order valence-electron chi connectivity index (χ0n) is 18.4. The molecule has 1 saturated heterocycles. The fourth-order valence-corrected chi connectivity index (χ4v) is 9.61. The molecule has 4 bridgehead atoms. The van der Waals surface area contributed by atoms with Gasteiger partial charge in [-0.3, -0.25) is 9.59 Å². The van der Waals surface area contributed by atoms with Crippen LogP contribution in [0.25, 0.3) is 0 Å². The van der Waals surface area contributed by atoms with Crippen LogP contribution < -0.4 is 0 Å². The van der Waals surface area contributed by atoms with Crippen molar-refractivity contribution in [3.63, 3.8) is 0 Å². The number of methoxy groups -OCH3 is 1. The van der Waals surface area contributed by atoms with Gasteiger partial charge in [-0.05, 0) is 70.0 Å². The molecule has 0 amide bonds. The summed E-state index contributed by atoms with van der Waals surface area (Å²) < 4.78 is 18.3. The zero-order valence-corrected chi connectivity index (χ0v) is 19.4. The van der Waals surface area contributed by atoms with Gasteiger partial charge in [-0.1, -0.05) is 12.2 Å². The topological polar surface area (TPSA) is 61.8 Å². The van der Waals surface area contributed by atoms with Crippen molar-refractivity contribution in [2.75, 3.05) is 7.11 Å². The van der Waals surface area contributed by atoms with Gasteiger partial charge in [-0.15, -0.1) is 0 Å². The molecule has 5 aliphatic rings. The minimum absolute atomic E-state index is 0.0186. The molecule has 29 heavy (non-hydrogen) atoms. The lowest BCUT2D eigenvalue weighted by molar-refractivity contribution is -0.161. The number of carbonyl (C=O) groups is 2. The van der Waals surface area contributed by atoms with E-state index in [4.69, 9.17) is 13.9 Å². The van der Waals surface area contributed by atoms with Crippen LogP contribution in [-0.4, -0.2) is 39.1 Å². The van der Waals surface area contributed by atoms with Gasteiger partial charge in [0, 0.05) is 24.4 Å². The number of hydrogen-bond donors (Lipinski definition) is 0. The molecule has 6 heteroatoms. The first-order chi connectivity index (χ1) is 13.5. The number of hydrogen-bond acceptors (Lipinski definition) is 5. The maximum atomic E-state index is 13.3. The summed E-state index contributed by atoms with van der Waals surface area (Å²) in [4.78, 5) is 26.5. The minimum Gasteiger partial charge on any atom is -0.469 e. The van der Waals surface area contributed by atoms with Gasteiger partial charge in [-0.2, -0.15) is 0 Å². The van der Waals surface area contributed by atoms with Gasteiger partial charge in [0.1, 0.15) is 5.60 Å². The molecule has 0 aromatic rings. The molecule has 1 heterocycles. The SMILES string of the molecule is C=C1C[C@]23C[C@H]1CCC2[C@@]12C[C@@H](O[Si](C)(C)C)CC(C)(C(=O)O1)C2[C@@H]3C(=O)OC. The Bertz CT molecular complexity index is 802. The highest BCUT2D eigenvalue weighted by molar-refractivity contribution is 6.69. The Morgan fingerprint density at radius 3 is 2.59 bits per heavy atom. The Morgan fingerprint density at radius 1 is 1.21 bits per heavy atom. The average Bonchev–Trinajstić information content (AvgIpc) is 3.05. The summed E-state index contributed by atoms with van der Waals surface area (Å²) in [6.45, 7) is 13.0. The highest BCUT2D eigenvalue weighted by atomic mass is 28.4. The summed E-state index contributed by atoms with van der Waals surface area (Å²) in [5, 5.41) is 0. The van der Waals surface area contributed by atoms with E-state index in [1.807, 2.05) is 6.92 Å². The predicted octanol–water partition coefficient (Wildman–Crippen LogP) is 4.08. The van der Waals surface area contributed by atoms with Crippen molar-refractivity contribution in [1.29, 1.82) is 0 Å². The van der Waals surface area contributed by atoms with Crippen LogP contribution in [0.1, 0.15) is 45.4 Å². The van der Waals surface area contributed by atoms with Crippen molar-refractivity contribution in [3.8, 4) is 0 Å². The van der Waals surface area contributed by atoms with Crippen molar-refractivity contribution in [1.82, 2.24) is 0 Å². The van der Waals surface area contributed by atoms with Crippen molar-refractivity contribution in [3.05, 3.63) is 12.2 Å². The van der Waals surface area contributed by atoms with Crippen molar-refractivity contribution in [2.24, 2.45) is 34.5 Å². The maximum absolute atomic E-state index is 13.3. The second kappa shape index (κ2) is 5.76. The second-order valence-corrected chi connectivity index (χ2v) is 16.1. The molecule has 5 nitrogen and oxygen atoms in total. The summed E-state index contributed by atoms with van der Waals surface area (Å²) in [6, 6.07) is 0. The normalized spacial score (nSPS) is 50.2. The number of ether oxygens (including phenoxy) is 2. The van der Waals surface area contributed by atoms with Gasteiger partial charge in [0.25, 0.3) is 0 Å². The van der Waals surface area contributed by atoms with E-state index >= 15 is 0 Å². The average molecular weight is 419 g/mol. The summed E-state index contributed by atoms with van der Waals surface area (Å²) in [5.74, 6) is -0.0162. The summed E-state index contributed by atoms with van der Waals surface area (Å²) in [7, 11) is -0.288. The summed E-state index contributed by atoms with van der Waals surface area (Å²) in [6.07, 6.45) is 5.32. The third-order valence-electron chi connectivity index (χ3n) is 8.94. The minimum atomic E-state index is -1.77. The lowest BCUT2D eigenvalue weighted by atomic mass is 9.59. The summed E-state index contributed by atoms with van der Waals surface area (Å²) >= 11 is 0. The molecule has 0 N–H and O–H groups in total. The molecule has 1 aliphatic heterocycles. The van der Waals surface area contributed by atoms with Crippen molar-refractivity contribution >= 4 is 20.3 Å². The Labute approximate surface area is 174 Å². The van der Waals surface area contributed by atoms with Crippen molar-refractivity contribution < 1.29 is 23.5 Å². The van der Waals surface area contributed by atoms with Crippen LogP contribution in [0.4, 0.5) is 0 Å². The van der Waals surface area contributed by atoms with E-state index in [9.17, 15) is 9.59 Å². The molecule has 0 aromatic heterocycles. The van der Waals surface area contributed by atoms with Crippen LogP contribution in [0.5, 0.6) is 0 Å². The number of rotatable bonds is 3. The van der Waals surface area contributed by atoms with Gasteiger partial charge in [0.15, 0.2) is 8.32 Å². The standard InChI is InChI=1S/C23H34O5Si/c1-13-9-22-10-14(13)7-8-16(22)23-12-15(28-29(4,5)6)11-21(2,20(25)27-23)18(23)17(22)19(24)26-3/h14-18H,1,7-12H2,2-6H3/t14-,15+,16?,17-,18?,21?,22+,23-/m1/s1. The van der Waals surface area contributed by atoms with Gasteiger partial charge in [0.05, 0.1) is 18.4 Å².